The number of hydrogen-bond acceptors (Lipinski definition) is 5. The summed E-state index contributed by atoms with van der Waals surface area (Å²) in [5.74, 6) is 0.547. The molecule has 6 heteroatoms. The van der Waals surface area contributed by atoms with E-state index in [1.165, 1.54) is 11.6 Å². The van der Waals surface area contributed by atoms with E-state index in [0.29, 0.717) is 5.56 Å². The first-order chi connectivity index (χ1) is 19.8. The molecule has 1 N–H and O–H groups in total. The molecule has 0 unspecified atom stereocenters. The van der Waals surface area contributed by atoms with E-state index in [2.05, 4.69) is 52.0 Å². The van der Waals surface area contributed by atoms with E-state index >= 15 is 0 Å². The number of aliphatic hydroxyl groups excluding tert-OH is 1. The smallest absolute Gasteiger partial charge is 0.162 e. The Morgan fingerprint density at radius 2 is 1.60 bits per heavy atom. The number of rotatable bonds is 9. The van der Waals surface area contributed by atoms with Gasteiger partial charge in [0.05, 0.1) is 23.1 Å². The van der Waals surface area contributed by atoms with Crippen molar-refractivity contribution in [2.24, 2.45) is 11.8 Å². The molecule has 2 aromatic carbocycles. The molecular formula is C37H48IrN3O2-. The fourth-order valence-corrected chi connectivity index (χ4v) is 4.95. The standard InChI is InChI=1S/C24H24N3.C13H24O2.Ir/c1-15-9-19(12-20(10-15)24(4,5)6)23-17(3)27-22(14-26-23)21-8-7-18(13-25)11-16(21)2;1-5-10(6-2)12(14)9-13(15)11(7-3)8-4;/h7-8,10-12,14H,1-6H3;9-11,14H,5-8H2,1-4H3;/q-1;;/b;12-9-;. The third kappa shape index (κ3) is 10.5. The van der Waals surface area contributed by atoms with Gasteiger partial charge in [-0.05, 0) is 62.6 Å². The first-order valence-electron chi connectivity index (χ1n) is 15.1. The van der Waals surface area contributed by atoms with Gasteiger partial charge in [0.15, 0.2) is 5.78 Å². The summed E-state index contributed by atoms with van der Waals surface area (Å²) >= 11 is 0. The van der Waals surface area contributed by atoms with Crippen LogP contribution in [-0.4, -0.2) is 20.9 Å². The molecular weight excluding hydrogens is 711 g/mol. The third-order valence-corrected chi connectivity index (χ3v) is 7.79. The van der Waals surface area contributed by atoms with Crippen molar-refractivity contribution in [2.45, 2.75) is 100 Å². The van der Waals surface area contributed by atoms with E-state index in [9.17, 15) is 9.90 Å². The summed E-state index contributed by atoms with van der Waals surface area (Å²) in [6.07, 6.45) is 6.72. The van der Waals surface area contributed by atoms with E-state index in [0.717, 1.165) is 65.0 Å². The Hall–Kier alpha value is -3.13. The Bertz CT molecular complexity index is 1440. The first kappa shape index (κ1) is 37.9. The van der Waals surface area contributed by atoms with Gasteiger partial charge in [0.1, 0.15) is 0 Å². The van der Waals surface area contributed by atoms with E-state index in [4.69, 9.17) is 15.2 Å². The average Bonchev–Trinajstić information content (AvgIpc) is 2.93. The molecule has 1 heterocycles. The zero-order valence-electron chi connectivity index (χ0n) is 27.6. The summed E-state index contributed by atoms with van der Waals surface area (Å²) in [6.45, 7) is 20.7. The van der Waals surface area contributed by atoms with Gasteiger partial charge in [-0.3, -0.25) is 9.78 Å². The van der Waals surface area contributed by atoms with Crippen LogP contribution in [0.3, 0.4) is 0 Å². The molecule has 0 aliphatic heterocycles. The molecule has 0 spiro atoms. The van der Waals surface area contributed by atoms with Crippen LogP contribution in [-0.2, 0) is 30.3 Å². The number of benzene rings is 2. The number of allylic oxidation sites excluding steroid dienone is 2. The molecule has 3 aromatic rings. The van der Waals surface area contributed by atoms with Crippen LogP contribution in [0.15, 0.2) is 48.4 Å². The predicted molar refractivity (Wildman–Crippen MR) is 173 cm³/mol. The Labute approximate surface area is 273 Å². The molecule has 0 fully saturated rings. The molecule has 0 saturated heterocycles. The molecule has 0 bridgehead atoms. The van der Waals surface area contributed by atoms with Crippen LogP contribution in [0, 0.1) is 50.0 Å². The minimum absolute atomic E-state index is 0. The van der Waals surface area contributed by atoms with Crippen molar-refractivity contribution in [3.63, 3.8) is 0 Å². The number of ketones is 1. The van der Waals surface area contributed by atoms with Gasteiger partial charge in [-0.2, -0.15) is 5.26 Å². The van der Waals surface area contributed by atoms with Gasteiger partial charge in [-0.1, -0.05) is 61.5 Å². The topological polar surface area (TPSA) is 86.9 Å². The number of aliphatic hydroxyl groups is 1. The first-order valence-corrected chi connectivity index (χ1v) is 15.1. The molecule has 43 heavy (non-hydrogen) atoms. The summed E-state index contributed by atoms with van der Waals surface area (Å²) in [5.41, 5.74) is 8.64. The van der Waals surface area contributed by atoms with Crippen molar-refractivity contribution in [2.75, 3.05) is 0 Å². The van der Waals surface area contributed by atoms with Crippen molar-refractivity contribution in [3.8, 4) is 28.6 Å². The van der Waals surface area contributed by atoms with Crippen LogP contribution in [0.5, 0.6) is 0 Å². The van der Waals surface area contributed by atoms with Gasteiger partial charge in [0, 0.05) is 61.2 Å². The fraction of sp³-hybridized carbons (Fsp3) is 0.459. The second-order valence-electron chi connectivity index (χ2n) is 12.0. The molecule has 0 saturated carbocycles. The van der Waals surface area contributed by atoms with E-state index < -0.39 is 0 Å². The van der Waals surface area contributed by atoms with Crippen molar-refractivity contribution in [1.29, 1.82) is 5.26 Å². The van der Waals surface area contributed by atoms with Crippen LogP contribution in [0.1, 0.15) is 102 Å². The number of nitrogens with zero attached hydrogens (tertiary/aromatic N) is 3. The summed E-state index contributed by atoms with van der Waals surface area (Å²) in [4.78, 5) is 21.2. The molecule has 0 aliphatic rings. The molecule has 1 aromatic heterocycles. The average molecular weight is 759 g/mol. The molecule has 1 radical (unpaired) electrons. The molecule has 3 rings (SSSR count). The van der Waals surface area contributed by atoms with Gasteiger partial charge in [-0.15, -0.1) is 34.9 Å². The van der Waals surface area contributed by atoms with Gasteiger partial charge in [0.2, 0.25) is 0 Å². The Morgan fingerprint density at radius 3 is 2.09 bits per heavy atom. The number of carbonyl (C=O) groups is 1. The SMILES string of the molecule is CCC(CC)C(=O)/C=C(\O)C(CC)CC.Cc1[c-]c(-c2ncc(-c3ccc(C#N)cc3C)nc2C)cc(C(C)(C)C)c1.[Ir]. The Morgan fingerprint density at radius 1 is 1.00 bits per heavy atom. The minimum atomic E-state index is 0. The predicted octanol–water partition coefficient (Wildman–Crippen LogP) is 9.57. The summed E-state index contributed by atoms with van der Waals surface area (Å²) < 4.78 is 0. The van der Waals surface area contributed by atoms with Gasteiger partial charge in [0.25, 0.3) is 0 Å². The molecule has 233 valence electrons. The number of nitriles is 1. The van der Waals surface area contributed by atoms with Crippen LogP contribution >= 0.6 is 0 Å². The largest absolute Gasteiger partial charge is 0.512 e. The number of aryl methyl sites for hydroxylation is 3. The molecule has 5 nitrogen and oxygen atoms in total. The number of hydrogen-bond donors (Lipinski definition) is 1. The second-order valence-corrected chi connectivity index (χ2v) is 12.0. The molecule has 0 aliphatic carbocycles. The number of carbonyl (C=O) groups excluding carboxylic acids is 1. The maximum Gasteiger partial charge on any atom is 0.162 e. The maximum absolute atomic E-state index is 11.7. The van der Waals surface area contributed by atoms with Gasteiger partial charge < -0.3 is 10.1 Å². The van der Waals surface area contributed by atoms with Crippen molar-refractivity contribution in [3.05, 3.63) is 82.4 Å². The normalized spacial score (nSPS) is 11.5. The van der Waals surface area contributed by atoms with E-state index in [1.54, 1.807) is 0 Å². The molecule has 0 amide bonds. The van der Waals surface area contributed by atoms with Crippen LogP contribution in [0.2, 0.25) is 0 Å². The van der Waals surface area contributed by atoms with Crippen LogP contribution in [0.4, 0.5) is 0 Å². The van der Waals surface area contributed by atoms with E-state index in [-0.39, 0.29) is 48.9 Å². The van der Waals surface area contributed by atoms with Crippen LogP contribution in [0.25, 0.3) is 22.5 Å². The second kappa shape index (κ2) is 17.2. The summed E-state index contributed by atoms with van der Waals surface area (Å²) in [5, 5.41) is 18.8. The fourth-order valence-electron chi connectivity index (χ4n) is 4.95. The van der Waals surface area contributed by atoms with Crippen molar-refractivity contribution < 1.29 is 30.0 Å². The van der Waals surface area contributed by atoms with Crippen LogP contribution < -0.4 is 0 Å². The van der Waals surface area contributed by atoms with Gasteiger partial charge >= 0.3 is 0 Å². The Balaban J connectivity index is 0.000000497. The summed E-state index contributed by atoms with van der Waals surface area (Å²) in [6, 6.07) is 15.6. The zero-order chi connectivity index (χ0) is 31.6. The zero-order valence-corrected chi connectivity index (χ0v) is 30.0. The summed E-state index contributed by atoms with van der Waals surface area (Å²) in [7, 11) is 0. The molecule has 0 atom stereocenters. The van der Waals surface area contributed by atoms with Crippen molar-refractivity contribution >= 4 is 5.78 Å². The monoisotopic (exact) mass is 759 g/mol. The van der Waals surface area contributed by atoms with Crippen molar-refractivity contribution in [1.82, 2.24) is 9.97 Å². The Kier molecular flexibility index (Phi) is 15.2. The minimum Gasteiger partial charge on any atom is -0.512 e. The van der Waals surface area contributed by atoms with E-state index in [1.807, 2.05) is 65.9 Å². The quantitative estimate of drug-likeness (QED) is 0.134. The maximum atomic E-state index is 11.7. The van der Waals surface area contributed by atoms with Gasteiger partial charge in [-0.25, -0.2) is 0 Å². The third-order valence-electron chi connectivity index (χ3n) is 7.79. The number of aromatic nitrogens is 2.